The van der Waals surface area contributed by atoms with Crippen molar-refractivity contribution in [2.45, 2.75) is 65.6 Å². The molecule has 18 heavy (non-hydrogen) atoms. The highest BCUT2D eigenvalue weighted by atomic mass is 32.1. The lowest BCUT2D eigenvalue weighted by Crippen LogP contribution is -2.38. The fraction of sp³-hybridized carbons (Fsp3) is 0.786. The zero-order valence-corrected chi connectivity index (χ0v) is 13.0. The molecule has 0 saturated heterocycles. The van der Waals surface area contributed by atoms with E-state index in [1.54, 1.807) is 11.3 Å². The lowest BCUT2D eigenvalue weighted by atomic mass is 9.85. The highest BCUT2D eigenvalue weighted by molar-refractivity contribution is 7.09. The number of nitrogens with zero attached hydrogens (tertiary/aromatic N) is 1. The van der Waals surface area contributed by atoms with Gasteiger partial charge in [0.1, 0.15) is 0 Å². The summed E-state index contributed by atoms with van der Waals surface area (Å²) < 4.78 is 0. The minimum atomic E-state index is -0.760. The molecule has 2 atom stereocenters. The molecule has 0 spiro atoms. The predicted octanol–water partition coefficient (Wildman–Crippen LogP) is 2.75. The Hall–Kier alpha value is -0.450. The number of rotatable bonds is 3. The Morgan fingerprint density at radius 2 is 1.72 bits per heavy atom. The standard InChI is InChI=1S/C14H25NO2S/c1-13(2,3)10-8-18-11(15-10)7-9(16)12(17)14(4,5)6/h8-9,12,16-17H,7H2,1-6H3. The lowest BCUT2D eigenvalue weighted by Gasteiger charge is -2.29. The van der Waals surface area contributed by atoms with E-state index in [1.807, 2.05) is 26.2 Å². The summed E-state index contributed by atoms with van der Waals surface area (Å²) in [6, 6.07) is 0. The normalized spacial score (nSPS) is 16.7. The highest BCUT2D eigenvalue weighted by Crippen LogP contribution is 2.27. The van der Waals surface area contributed by atoms with E-state index in [4.69, 9.17) is 0 Å². The van der Waals surface area contributed by atoms with Crippen molar-refractivity contribution >= 4 is 11.3 Å². The van der Waals surface area contributed by atoms with Crippen molar-refractivity contribution in [3.05, 3.63) is 16.1 Å². The van der Waals surface area contributed by atoms with Crippen molar-refractivity contribution in [1.82, 2.24) is 4.98 Å². The molecule has 1 rings (SSSR count). The van der Waals surface area contributed by atoms with Crippen molar-refractivity contribution < 1.29 is 10.2 Å². The number of aliphatic hydroxyl groups is 2. The minimum Gasteiger partial charge on any atom is -0.390 e. The summed E-state index contributed by atoms with van der Waals surface area (Å²) >= 11 is 1.55. The second kappa shape index (κ2) is 5.27. The van der Waals surface area contributed by atoms with Gasteiger partial charge in [-0.3, -0.25) is 0 Å². The fourth-order valence-electron chi connectivity index (χ4n) is 1.62. The van der Waals surface area contributed by atoms with E-state index in [0.717, 1.165) is 10.7 Å². The average Bonchev–Trinajstić information content (AvgIpc) is 2.62. The number of aliphatic hydroxyl groups excluding tert-OH is 2. The maximum absolute atomic E-state index is 10.0. The second-order valence-electron chi connectivity index (χ2n) is 6.96. The largest absolute Gasteiger partial charge is 0.390 e. The molecule has 0 bridgehead atoms. The van der Waals surface area contributed by atoms with Crippen molar-refractivity contribution in [3.63, 3.8) is 0 Å². The van der Waals surface area contributed by atoms with Crippen LogP contribution >= 0.6 is 11.3 Å². The van der Waals surface area contributed by atoms with Gasteiger partial charge < -0.3 is 10.2 Å². The summed E-state index contributed by atoms with van der Waals surface area (Å²) in [7, 11) is 0. The Morgan fingerprint density at radius 1 is 1.17 bits per heavy atom. The van der Waals surface area contributed by atoms with Gasteiger partial charge in [0.15, 0.2) is 0 Å². The van der Waals surface area contributed by atoms with Crippen molar-refractivity contribution in [2.24, 2.45) is 5.41 Å². The SMILES string of the molecule is CC(C)(C)c1csc(CC(O)C(O)C(C)(C)C)n1. The van der Waals surface area contributed by atoms with Gasteiger partial charge in [0.25, 0.3) is 0 Å². The van der Waals surface area contributed by atoms with Gasteiger partial charge in [0.05, 0.1) is 22.9 Å². The first-order valence-corrected chi connectivity index (χ1v) is 7.21. The lowest BCUT2D eigenvalue weighted by molar-refractivity contribution is -0.0434. The van der Waals surface area contributed by atoms with E-state index < -0.39 is 12.2 Å². The van der Waals surface area contributed by atoms with Gasteiger partial charge in [-0.1, -0.05) is 41.5 Å². The van der Waals surface area contributed by atoms with Crippen molar-refractivity contribution in [3.8, 4) is 0 Å². The molecule has 1 aromatic rings. The maximum atomic E-state index is 10.0. The molecule has 0 aromatic carbocycles. The van der Waals surface area contributed by atoms with Gasteiger partial charge in [-0.15, -0.1) is 11.3 Å². The monoisotopic (exact) mass is 271 g/mol. The molecule has 3 nitrogen and oxygen atoms in total. The first kappa shape index (κ1) is 15.6. The fourth-order valence-corrected chi connectivity index (χ4v) is 2.69. The van der Waals surface area contributed by atoms with Crippen LogP contribution in [0.1, 0.15) is 52.2 Å². The molecular weight excluding hydrogens is 246 g/mol. The molecule has 2 N–H and O–H groups in total. The van der Waals surface area contributed by atoms with E-state index in [9.17, 15) is 10.2 Å². The summed E-state index contributed by atoms with van der Waals surface area (Å²) in [5.74, 6) is 0. The minimum absolute atomic E-state index is 0.0301. The van der Waals surface area contributed by atoms with Gasteiger partial charge in [-0.2, -0.15) is 0 Å². The van der Waals surface area contributed by atoms with Gasteiger partial charge in [-0.05, 0) is 5.41 Å². The van der Waals surface area contributed by atoms with Crippen LogP contribution in [0.15, 0.2) is 5.38 Å². The van der Waals surface area contributed by atoms with Crippen LogP contribution in [-0.4, -0.2) is 27.4 Å². The van der Waals surface area contributed by atoms with Crippen LogP contribution in [0.4, 0.5) is 0 Å². The molecule has 0 amide bonds. The zero-order valence-electron chi connectivity index (χ0n) is 12.2. The second-order valence-corrected chi connectivity index (χ2v) is 7.90. The molecule has 0 fully saturated rings. The van der Waals surface area contributed by atoms with Crippen LogP contribution in [0, 0.1) is 5.41 Å². The first-order valence-electron chi connectivity index (χ1n) is 6.33. The Labute approximate surface area is 114 Å². The summed E-state index contributed by atoms with van der Waals surface area (Å²) in [5, 5.41) is 23.0. The third kappa shape index (κ3) is 4.04. The van der Waals surface area contributed by atoms with E-state index in [0.29, 0.717) is 6.42 Å². The van der Waals surface area contributed by atoms with Gasteiger partial charge >= 0.3 is 0 Å². The number of aromatic nitrogens is 1. The Morgan fingerprint density at radius 3 is 2.11 bits per heavy atom. The molecule has 0 aliphatic rings. The Kier molecular flexibility index (Phi) is 4.57. The first-order chi connectivity index (χ1) is 8.01. The maximum Gasteiger partial charge on any atom is 0.0955 e. The molecule has 104 valence electrons. The highest BCUT2D eigenvalue weighted by Gasteiger charge is 2.30. The third-order valence-corrected chi connectivity index (χ3v) is 3.83. The summed E-state index contributed by atoms with van der Waals surface area (Å²) in [6.07, 6.45) is -1.08. The topological polar surface area (TPSA) is 53.4 Å². The van der Waals surface area contributed by atoms with Crippen molar-refractivity contribution in [1.29, 1.82) is 0 Å². The van der Waals surface area contributed by atoms with Crippen molar-refractivity contribution in [2.75, 3.05) is 0 Å². The number of hydrogen-bond donors (Lipinski definition) is 2. The van der Waals surface area contributed by atoms with Crippen LogP contribution in [0.3, 0.4) is 0 Å². The van der Waals surface area contributed by atoms with Crippen LogP contribution in [-0.2, 0) is 11.8 Å². The Bertz CT molecular complexity index is 387. The van der Waals surface area contributed by atoms with Crippen LogP contribution in [0.25, 0.3) is 0 Å². The van der Waals surface area contributed by atoms with Crippen LogP contribution in [0.2, 0.25) is 0 Å². The molecule has 1 aromatic heterocycles. The predicted molar refractivity (Wildman–Crippen MR) is 76.0 cm³/mol. The summed E-state index contributed by atoms with van der Waals surface area (Å²) in [5.41, 5.74) is 0.756. The molecule has 4 heteroatoms. The van der Waals surface area contributed by atoms with E-state index in [1.165, 1.54) is 0 Å². The van der Waals surface area contributed by atoms with E-state index >= 15 is 0 Å². The molecular formula is C14H25NO2S. The third-order valence-electron chi connectivity index (χ3n) is 2.96. The average molecular weight is 271 g/mol. The Balaban J connectivity index is 2.71. The molecule has 0 aliphatic carbocycles. The number of thiazole rings is 1. The molecule has 0 radical (unpaired) electrons. The molecule has 1 heterocycles. The van der Waals surface area contributed by atoms with Gasteiger partial charge in [0.2, 0.25) is 0 Å². The molecule has 0 saturated carbocycles. The van der Waals surface area contributed by atoms with Crippen LogP contribution < -0.4 is 0 Å². The summed E-state index contributed by atoms with van der Waals surface area (Å²) in [6.45, 7) is 12.1. The molecule has 2 unspecified atom stereocenters. The van der Waals surface area contributed by atoms with Crippen LogP contribution in [0.5, 0.6) is 0 Å². The number of hydrogen-bond acceptors (Lipinski definition) is 4. The van der Waals surface area contributed by atoms with E-state index in [2.05, 4.69) is 25.8 Å². The smallest absolute Gasteiger partial charge is 0.0955 e. The van der Waals surface area contributed by atoms with Gasteiger partial charge in [0, 0.05) is 17.2 Å². The zero-order chi connectivity index (χ0) is 14.1. The van der Waals surface area contributed by atoms with Gasteiger partial charge in [-0.25, -0.2) is 4.98 Å². The van der Waals surface area contributed by atoms with E-state index in [-0.39, 0.29) is 10.8 Å². The quantitative estimate of drug-likeness (QED) is 0.889. The molecule has 0 aliphatic heterocycles. The summed E-state index contributed by atoms with van der Waals surface area (Å²) in [4.78, 5) is 4.53.